The van der Waals surface area contributed by atoms with Gasteiger partial charge in [0.05, 0.1) is 18.2 Å². The number of rotatable bonds is 6. The standard InChI is InChI=1S/C31H28N2O6/c1-17(2)15-37-24-10-8-19(12-18(24)3)29(34)27-28(22-14-32-23-7-5-4-6-21(22)23)33(31(36)30(27)35)20-9-11-25-26(13-20)39-16-38-25/h4-14,17,28,32,34H,15-16H2,1-3H3/b29-27+. The summed E-state index contributed by atoms with van der Waals surface area (Å²) in [6.07, 6.45) is 1.78. The highest BCUT2D eigenvalue weighted by atomic mass is 16.7. The fraction of sp³-hybridized carbons (Fsp3) is 0.226. The quantitative estimate of drug-likeness (QED) is 0.186. The van der Waals surface area contributed by atoms with Gasteiger partial charge in [0, 0.05) is 40.0 Å². The van der Waals surface area contributed by atoms with Gasteiger partial charge in [0.1, 0.15) is 11.5 Å². The predicted octanol–water partition coefficient (Wildman–Crippen LogP) is 5.87. The minimum atomic E-state index is -0.876. The number of ether oxygens (including phenoxy) is 3. The molecule has 1 aromatic heterocycles. The van der Waals surface area contributed by atoms with Crippen LogP contribution in [0.15, 0.2) is 72.4 Å². The fourth-order valence-electron chi connectivity index (χ4n) is 5.12. The summed E-state index contributed by atoms with van der Waals surface area (Å²) in [7, 11) is 0. The maximum absolute atomic E-state index is 13.6. The molecule has 2 N–H and O–H groups in total. The molecule has 0 bridgehead atoms. The second-order valence-electron chi connectivity index (χ2n) is 10.2. The van der Waals surface area contributed by atoms with Crippen molar-refractivity contribution in [2.24, 2.45) is 5.92 Å². The number of carbonyl (C=O) groups excluding carboxylic acids is 2. The van der Waals surface area contributed by atoms with Crippen molar-refractivity contribution < 1.29 is 28.9 Å². The van der Waals surface area contributed by atoms with E-state index in [1.54, 1.807) is 42.6 Å². The third-order valence-electron chi connectivity index (χ3n) is 7.02. The molecule has 4 aromatic rings. The zero-order chi connectivity index (χ0) is 27.3. The lowest BCUT2D eigenvalue weighted by molar-refractivity contribution is -0.132. The van der Waals surface area contributed by atoms with Gasteiger partial charge in [-0.3, -0.25) is 14.5 Å². The van der Waals surface area contributed by atoms with Gasteiger partial charge in [-0.05, 0) is 54.8 Å². The summed E-state index contributed by atoms with van der Waals surface area (Å²) in [5.41, 5.74) is 3.26. The van der Waals surface area contributed by atoms with Crippen LogP contribution >= 0.6 is 0 Å². The highest BCUT2D eigenvalue weighted by Crippen LogP contribution is 2.46. The Morgan fingerprint density at radius 2 is 1.87 bits per heavy atom. The van der Waals surface area contributed by atoms with E-state index < -0.39 is 17.7 Å². The van der Waals surface area contributed by atoms with Crippen molar-refractivity contribution in [3.05, 3.63) is 89.1 Å². The number of aryl methyl sites for hydroxylation is 1. The lowest BCUT2D eigenvalue weighted by atomic mass is 9.94. The summed E-state index contributed by atoms with van der Waals surface area (Å²) in [6, 6.07) is 17.1. The Bertz CT molecular complexity index is 1650. The van der Waals surface area contributed by atoms with Crippen LogP contribution in [-0.4, -0.2) is 35.2 Å². The first-order valence-electron chi connectivity index (χ1n) is 12.8. The van der Waals surface area contributed by atoms with Crippen molar-refractivity contribution in [3.8, 4) is 17.2 Å². The maximum atomic E-state index is 13.6. The van der Waals surface area contributed by atoms with Crippen LogP contribution < -0.4 is 19.1 Å². The average molecular weight is 525 g/mol. The summed E-state index contributed by atoms with van der Waals surface area (Å²) in [6.45, 7) is 6.67. The van der Waals surface area contributed by atoms with E-state index in [0.29, 0.717) is 46.6 Å². The van der Waals surface area contributed by atoms with Crippen LogP contribution in [0, 0.1) is 12.8 Å². The second kappa shape index (κ2) is 9.54. The highest BCUT2D eigenvalue weighted by Gasteiger charge is 2.48. The number of H-pyrrole nitrogens is 1. The SMILES string of the molecule is Cc1cc(/C(O)=C2\C(=O)C(=O)N(c3ccc4c(c3)OCO4)C2c2c[nH]c3ccccc23)ccc1OCC(C)C. The van der Waals surface area contributed by atoms with E-state index >= 15 is 0 Å². The van der Waals surface area contributed by atoms with Crippen LogP contribution in [0.4, 0.5) is 5.69 Å². The Morgan fingerprint density at radius 1 is 1.08 bits per heavy atom. The monoisotopic (exact) mass is 524 g/mol. The maximum Gasteiger partial charge on any atom is 0.300 e. The van der Waals surface area contributed by atoms with Gasteiger partial charge in [-0.25, -0.2) is 0 Å². The lowest BCUT2D eigenvalue weighted by Crippen LogP contribution is -2.29. The van der Waals surface area contributed by atoms with Gasteiger partial charge < -0.3 is 24.3 Å². The number of nitrogens with one attached hydrogen (secondary N) is 1. The van der Waals surface area contributed by atoms with E-state index in [9.17, 15) is 14.7 Å². The van der Waals surface area contributed by atoms with Crippen LogP contribution in [0.25, 0.3) is 16.7 Å². The van der Waals surface area contributed by atoms with Crippen LogP contribution in [0.2, 0.25) is 0 Å². The number of amides is 1. The summed E-state index contributed by atoms with van der Waals surface area (Å²) < 4.78 is 16.8. The number of hydrogen-bond acceptors (Lipinski definition) is 6. The number of aromatic amines is 1. The summed E-state index contributed by atoms with van der Waals surface area (Å²) >= 11 is 0. The molecule has 39 heavy (non-hydrogen) atoms. The Balaban J connectivity index is 1.51. The van der Waals surface area contributed by atoms with Crippen molar-refractivity contribution in [1.82, 2.24) is 4.98 Å². The molecule has 0 aliphatic carbocycles. The molecule has 3 heterocycles. The van der Waals surface area contributed by atoms with Crippen molar-refractivity contribution in [2.45, 2.75) is 26.8 Å². The first-order valence-corrected chi connectivity index (χ1v) is 12.8. The van der Waals surface area contributed by atoms with Crippen molar-refractivity contribution >= 4 is 34.0 Å². The number of aliphatic hydroxyl groups is 1. The Labute approximate surface area is 225 Å². The smallest absolute Gasteiger partial charge is 0.300 e. The molecule has 2 aliphatic heterocycles. The predicted molar refractivity (Wildman–Crippen MR) is 147 cm³/mol. The van der Waals surface area contributed by atoms with Gasteiger partial charge in [0.15, 0.2) is 11.5 Å². The van der Waals surface area contributed by atoms with E-state index in [2.05, 4.69) is 18.8 Å². The minimum absolute atomic E-state index is 0.0117. The van der Waals surface area contributed by atoms with E-state index in [1.807, 2.05) is 31.2 Å². The number of benzene rings is 3. The molecule has 0 spiro atoms. The molecule has 1 fully saturated rings. The molecule has 6 rings (SSSR count). The molecule has 1 unspecified atom stereocenters. The minimum Gasteiger partial charge on any atom is -0.507 e. The molecule has 1 amide bonds. The normalized spacial score (nSPS) is 17.9. The third-order valence-corrected chi connectivity index (χ3v) is 7.02. The first kappa shape index (κ1) is 24.6. The number of hydrogen-bond donors (Lipinski definition) is 2. The van der Waals surface area contributed by atoms with Crippen molar-refractivity contribution in [1.29, 1.82) is 0 Å². The molecule has 1 saturated heterocycles. The highest BCUT2D eigenvalue weighted by molar-refractivity contribution is 6.52. The number of para-hydroxylation sites is 1. The molecular weight excluding hydrogens is 496 g/mol. The number of carbonyl (C=O) groups is 2. The summed E-state index contributed by atoms with van der Waals surface area (Å²) in [5, 5.41) is 12.4. The van der Waals surface area contributed by atoms with E-state index in [1.165, 1.54) is 4.90 Å². The molecule has 0 saturated carbocycles. The molecular formula is C31H28N2O6. The van der Waals surface area contributed by atoms with Crippen LogP contribution in [0.1, 0.15) is 36.6 Å². The van der Waals surface area contributed by atoms with Gasteiger partial charge >= 0.3 is 0 Å². The van der Waals surface area contributed by atoms with E-state index in [0.717, 1.165) is 16.5 Å². The molecule has 0 radical (unpaired) electrons. The summed E-state index contributed by atoms with van der Waals surface area (Å²) in [4.78, 5) is 31.8. The Kier molecular flexibility index (Phi) is 6.02. The van der Waals surface area contributed by atoms with E-state index in [4.69, 9.17) is 14.2 Å². The number of anilines is 1. The molecule has 8 heteroatoms. The zero-order valence-corrected chi connectivity index (χ0v) is 21.9. The molecule has 8 nitrogen and oxygen atoms in total. The lowest BCUT2D eigenvalue weighted by Gasteiger charge is -2.25. The third kappa shape index (κ3) is 4.18. The van der Waals surface area contributed by atoms with Gasteiger partial charge in [-0.2, -0.15) is 0 Å². The Morgan fingerprint density at radius 3 is 2.67 bits per heavy atom. The van der Waals surface area contributed by atoms with E-state index in [-0.39, 0.29) is 18.1 Å². The number of aromatic nitrogens is 1. The van der Waals surface area contributed by atoms with Gasteiger partial charge in [-0.15, -0.1) is 0 Å². The second-order valence-corrected chi connectivity index (χ2v) is 10.2. The van der Waals surface area contributed by atoms with Crippen molar-refractivity contribution in [3.63, 3.8) is 0 Å². The van der Waals surface area contributed by atoms with Gasteiger partial charge in [-0.1, -0.05) is 32.0 Å². The summed E-state index contributed by atoms with van der Waals surface area (Å²) in [5.74, 6) is 0.367. The number of Topliss-reactive ketones (excluding diaryl/α,β-unsaturated/α-hetero) is 1. The fourth-order valence-corrected chi connectivity index (χ4v) is 5.12. The van der Waals surface area contributed by atoms with Gasteiger partial charge in [0.25, 0.3) is 11.7 Å². The number of ketones is 1. The van der Waals surface area contributed by atoms with Gasteiger partial charge in [0.2, 0.25) is 6.79 Å². The largest absolute Gasteiger partial charge is 0.507 e. The van der Waals surface area contributed by atoms with Crippen LogP contribution in [-0.2, 0) is 9.59 Å². The number of aliphatic hydroxyl groups excluding tert-OH is 1. The Hall–Kier alpha value is -4.72. The van der Waals surface area contributed by atoms with Crippen molar-refractivity contribution in [2.75, 3.05) is 18.3 Å². The topological polar surface area (TPSA) is 101 Å². The zero-order valence-electron chi connectivity index (χ0n) is 21.9. The van der Waals surface area contributed by atoms with Crippen LogP contribution in [0.3, 0.4) is 0 Å². The average Bonchev–Trinajstić information content (AvgIpc) is 3.63. The molecule has 3 aromatic carbocycles. The van der Waals surface area contributed by atoms with Crippen LogP contribution in [0.5, 0.6) is 17.2 Å². The molecule has 198 valence electrons. The number of fused-ring (bicyclic) bond motifs is 2. The number of nitrogens with zero attached hydrogens (tertiary/aromatic N) is 1. The first-order chi connectivity index (χ1) is 18.8. The molecule has 1 atom stereocenters. The molecule has 2 aliphatic rings.